The molecule has 130 valence electrons. The van der Waals surface area contributed by atoms with Crippen LogP contribution in [-0.4, -0.2) is 44.6 Å². The molecule has 0 bridgehead atoms. The highest BCUT2D eigenvalue weighted by Crippen LogP contribution is 2.27. The van der Waals surface area contributed by atoms with Gasteiger partial charge in [-0.25, -0.2) is 14.8 Å². The summed E-state index contributed by atoms with van der Waals surface area (Å²) in [4.78, 5) is 23.1. The van der Waals surface area contributed by atoms with Crippen LogP contribution in [0.25, 0.3) is 0 Å². The van der Waals surface area contributed by atoms with Crippen molar-refractivity contribution in [3.05, 3.63) is 34.8 Å². The average molecular weight is 347 g/mol. The number of rotatable bonds is 5. The number of nitrogens with zero attached hydrogens (tertiary/aromatic N) is 4. The normalized spacial score (nSPS) is 17.0. The molecule has 24 heavy (non-hydrogen) atoms. The maximum absolute atomic E-state index is 12.2. The van der Waals surface area contributed by atoms with Crippen LogP contribution in [0.4, 0.5) is 4.79 Å². The van der Waals surface area contributed by atoms with Crippen LogP contribution in [0, 0.1) is 0 Å². The molecule has 0 unspecified atom stereocenters. The van der Waals surface area contributed by atoms with E-state index in [4.69, 9.17) is 0 Å². The predicted octanol–water partition coefficient (Wildman–Crippen LogP) is 3.08. The van der Waals surface area contributed by atoms with Gasteiger partial charge in [0.05, 0.1) is 17.7 Å². The van der Waals surface area contributed by atoms with Crippen LogP contribution in [0.2, 0.25) is 0 Å². The summed E-state index contributed by atoms with van der Waals surface area (Å²) >= 11 is 1.62. The van der Waals surface area contributed by atoms with Crippen molar-refractivity contribution < 1.29 is 4.79 Å². The fourth-order valence-corrected chi connectivity index (χ4v) is 3.60. The summed E-state index contributed by atoms with van der Waals surface area (Å²) in [6.45, 7) is 6.47. The Bertz CT molecular complexity index is 646. The van der Waals surface area contributed by atoms with Crippen molar-refractivity contribution in [2.24, 2.45) is 0 Å². The number of imidazole rings is 1. The van der Waals surface area contributed by atoms with Gasteiger partial charge >= 0.3 is 6.03 Å². The van der Waals surface area contributed by atoms with Crippen LogP contribution in [0.5, 0.6) is 0 Å². The van der Waals surface area contributed by atoms with E-state index in [2.05, 4.69) is 32.2 Å². The van der Waals surface area contributed by atoms with Crippen molar-refractivity contribution in [1.29, 1.82) is 0 Å². The molecule has 0 aliphatic carbocycles. The molecule has 1 aliphatic rings. The monoisotopic (exact) mass is 347 g/mol. The zero-order valence-electron chi connectivity index (χ0n) is 14.3. The average Bonchev–Trinajstić information content (AvgIpc) is 3.27. The van der Waals surface area contributed by atoms with Crippen molar-refractivity contribution in [1.82, 2.24) is 24.8 Å². The first-order valence-corrected chi connectivity index (χ1v) is 9.55. The summed E-state index contributed by atoms with van der Waals surface area (Å²) in [7, 11) is 0. The van der Waals surface area contributed by atoms with Gasteiger partial charge in [0.15, 0.2) is 0 Å². The molecule has 1 aliphatic heterocycles. The predicted molar refractivity (Wildman–Crippen MR) is 95.3 cm³/mol. The lowest BCUT2D eigenvalue weighted by Gasteiger charge is -2.32. The lowest BCUT2D eigenvalue weighted by Crippen LogP contribution is -2.46. The number of hydrogen-bond donors (Lipinski definition) is 1. The van der Waals surface area contributed by atoms with E-state index < -0.39 is 0 Å². The molecule has 0 saturated carbocycles. The molecular weight excluding hydrogens is 322 g/mol. The number of thiazole rings is 1. The lowest BCUT2D eigenvalue weighted by molar-refractivity contribution is 0.176. The molecule has 1 atom stereocenters. The van der Waals surface area contributed by atoms with Crippen LogP contribution < -0.4 is 5.32 Å². The van der Waals surface area contributed by atoms with Crippen molar-refractivity contribution in [3.63, 3.8) is 0 Å². The molecule has 2 aromatic rings. The van der Waals surface area contributed by atoms with Gasteiger partial charge in [0, 0.05) is 42.8 Å². The Hall–Kier alpha value is -1.89. The van der Waals surface area contributed by atoms with Gasteiger partial charge in [0.25, 0.3) is 0 Å². The third kappa shape index (κ3) is 3.95. The highest BCUT2D eigenvalue weighted by atomic mass is 32.1. The molecule has 1 N–H and O–H groups in total. The molecule has 3 heterocycles. The molecule has 3 rings (SSSR count). The van der Waals surface area contributed by atoms with Crippen LogP contribution in [0.1, 0.15) is 50.5 Å². The molecule has 6 nitrogen and oxygen atoms in total. The quantitative estimate of drug-likeness (QED) is 0.904. The highest BCUT2D eigenvalue weighted by Gasteiger charge is 2.26. The summed E-state index contributed by atoms with van der Waals surface area (Å²) in [5.41, 5.74) is 2.94. The molecule has 7 heteroatoms. The number of hydrogen-bond acceptors (Lipinski definition) is 4. The van der Waals surface area contributed by atoms with E-state index in [9.17, 15) is 4.79 Å². The highest BCUT2D eigenvalue weighted by molar-refractivity contribution is 7.07. The Morgan fingerprint density at radius 2 is 2.21 bits per heavy atom. The fourth-order valence-electron chi connectivity index (χ4n) is 3.05. The third-order valence-electron chi connectivity index (χ3n) is 4.69. The number of urea groups is 1. The van der Waals surface area contributed by atoms with Crippen LogP contribution >= 0.6 is 11.3 Å². The van der Waals surface area contributed by atoms with E-state index in [0.29, 0.717) is 5.92 Å². The Labute approximate surface area is 146 Å². The first kappa shape index (κ1) is 17.0. The summed E-state index contributed by atoms with van der Waals surface area (Å²) in [6, 6.07) is 0.292. The van der Waals surface area contributed by atoms with E-state index in [1.807, 2.05) is 29.7 Å². The zero-order chi connectivity index (χ0) is 16.9. The Kier molecular flexibility index (Phi) is 5.50. The first-order valence-electron chi connectivity index (χ1n) is 8.61. The standard InChI is InChI=1S/C17H25N5OS/c1-3-13(2)20-17(23)21-7-4-14(5-8-21)16-18-6-9-22(16)10-15-11-24-12-19-15/h6,9,11-14H,3-5,7-8,10H2,1-2H3,(H,20,23)/t13-/m0/s1. The Morgan fingerprint density at radius 1 is 1.42 bits per heavy atom. The zero-order valence-corrected chi connectivity index (χ0v) is 15.1. The van der Waals surface area contributed by atoms with Gasteiger partial charge < -0.3 is 14.8 Å². The third-order valence-corrected chi connectivity index (χ3v) is 5.33. The molecular formula is C17H25N5OS. The lowest BCUT2D eigenvalue weighted by atomic mass is 9.96. The summed E-state index contributed by atoms with van der Waals surface area (Å²) in [5.74, 6) is 1.52. The molecule has 2 amide bonds. The second kappa shape index (κ2) is 7.79. The topological polar surface area (TPSA) is 63.1 Å². The number of carbonyl (C=O) groups excluding carboxylic acids is 1. The van der Waals surface area contributed by atoms with Crippen molar-refractivity contribution in [2.45, 2.75) is 51.6 Å². The minimum absolute atomic E-state index is 0.0635. The van der Waals surface area contributed by atoms with Crippen LogP contribution in [-0.2, 0) is 6.54 Å². The van der Waals surface area contributed by atoms with Gasteiger partial charge in [-0.2, -0.15) is 0 Å². The van der Waals surface area contributed by atoms with Gasteiger partial charge in [-0.15, -0.1) is 11.3 Å². The van der Waals surface area contributed by atoms with Crippen molar-refractivity contribution >= 4 is 17.4 Å². The van der Waals surface area contributed by atoms with Gasteiger partial charge in [-0.05, 0) is 26.2 Å². The largest absolute Gasteiger partial charge is 0.336 e. The summed E-state index contributed by atoms with van der Waals surface area (Å²) < 4.78 is 2.19. The Balaban J connectivity index is 1.57. The van der Waals surface area contributed by atoms with E-state index in [-0.39, 0.29) is 12.1 Å². The number of nitrogens with one attached hydrogen (secondary N) is 1. The first-order chi connectivity index (χ1) is 11.7. The minimum Gasteiger partial charge on any atom is -0.336 e. The minimum atomic E-state index is 0.0635. The van der Waals surface area contributed by atoms with E-state index in [0.717, 1.165) is 50.4 Å². The second-order valence-electron chi connectivity index (χ2n) is 6.41. The van der Waals surface area contributed by atoms with Gasteiger partial charge in [-0.3, -0.25) is 0 Å². The van der Waals surface area contributed by atoms with E-state index in [1.165, 1.54) is 0 Å². The van der Waals surface area contributed by atoms with Crippen LogP contribution in [0.3, 0.4) is 0 Å². The SMILES string of the molecule is CC[C@H](C)NC(=O)N1CCC(c2nccn2Cc2cscn2)CC1. The molecule has 0 aromatic carbocycles. The van der Waals surface area contributed by atoms with E-state index >= 15 is 0 Å². The van der Waals surface area contributed by atoms with Crippen molar-refractivity contribution in [2.75, 3.05) is 13.1 Å². The number of aromatic nitrogens is 3. The maximum Gasteiger partial charge on any atom is 0.317 e. The summed E-state index contributed by atoms with van der Waals surface area (Å²) in [5, 5.41) is 5.12. The second-order valence-corrected chi connectivity index (χ2v) is 7.13. The maximum atomic E-state index is 12.2. The molecule has 0 spiro atoms. The molecule has 0 radical (unpaired) electrons. The number of likely N-dealkylation sites (tertiary alicyclic amines) is 1. The van der Waals surface area contributed by atoms with Gasteiger partial charge in [0.2, 0.25) is 0 Å². The van der Waals surface area contributed by atoms with Gasteiger partial charge in [0.1, 0.15) is 5.82 Å². The molecule has 2 aromatic heterocycles. The molecule has 1 saturated heterocycles. The fraction of sp³-hybridized carbons (Fsp3) is 0.588. The number of carbonyl (C=O) groups is 1. The Morgan fingerprint density at radius 3 is 2.88 bits per heavy atom. The number of amides is 2. The molecule has 1 fully saturated rings. The smallest absolute Gasteiger partial charge is 0.317 e. The van der Waals surface area contributed by atoms with Crippen molar-refractivity contribution in [3.8, 4) is 0 Å². The van der Waals surface area contributed by atoms with E-state index in [1.54, 1.807) is 11.3 Å². The number of piperidine rings is 1. The summed E-state index contributed by atoms with van der Waals surface area (Å²) in [6.07, 6.45) is 6.76. The van der Waals surface area contributed by atoms with Gasteiger partial charge in [-0.1, -0.05) is 6.92 Å². The van der Waals surface area contributed by atoms with Crippen LogP contribution in [0.15, 0.2) is 23.3 Å².